The lowest BCUT2D eigenvalue weighted by Crippen LogP contribution is -2.48. The quantitative estimate of drug-likeness (QED) is 0.468. The molecule has 1 fully saturated rings. The van der Waals surface area contributed by atoms with Crippen LogP contribution in [0.5, 0.6) is 5.75 Å². The van der Waals surface area contributed by atoms with Crippen molar-refractivity contribution in [1.82, 2.24) is 0 Å². The highest BCUT2D eigenvalue weighted by Crippen LogP contribution is 2.60. The molecule has 5 nitrogen and oxygen atoms in total. The van der Waals surface area contributed by atoms with E-state index in [1.165, 1.54) is 6.92 Å². The first-order valence-electron chi connectivity index (χ1n) is 11.5. The number of ether oxygens (including phenoxy) is 1. The minimum Gasteiger partial charge on any atom is -0.497 e. The van der Waals surface area contributed by atoms with Gasteiger partial charge in [-0.2, -0.15) is 0 Å². The SMILES string of the molecule is COc1ccc([C@H]2[C@H](C(C)=O)N3c4ccc(Cl)cc4C=C[C@H]3C23C(=O)c2ccccc2C3=O)cc1. The molecular formula is C29H22ClNO4. The third-order valence-electron chi connectivity index (χ3n) is 7.66. The van der Waals surface area contributed by atoms with Gasteiger partial charge in [-0.05, 0) is 48.4 Å². The van der Waals surface area contributed by atoms with Gasteiger partial charge >= 0.3 is 0 Å². The van der Waals surface area contributed by atoms with Gasteiger partial charge in [-0.1, -0.05) is 60.2 Å². The molecule has 0 unspecified atom stereocenters. The summed E-state index contributed by atoms with van der Waals surface area (Å²) in [5.74, 6) is -0.611. The molecule has 2 aliphatic heterocycles. The number of halogens is 1. The van der Waals surface area contributed by atoms with Crippen LogP contribution in [0.15, 0.2) is 72.8 Å². The number of hydrogen-bond donors (Lipinski definition) is 0. The molecule has 0 N–H and O–H groups in total. The molecule has 35 heavy (non-hydrogen) atoms. The number of anilines is 1. The van der Waals surface area contributed by atoms with Gasteiger partial charge in [-0.15, -0.1) is 0 Å². The normalized spacial score (nSPS) is 23.3. The molecule has 0 radical (unpaired) electrons. The van der Waals surface area contributed by atoms with E-state index in [-0.39, 0.29) is 17.3 Å². The Hall–Kier alpha value is -3.70. The summed E-state index contributed by atoms with van der Waals surface area (Å²) in [6, 6.07) is 18.4. The van der Waals surface area contributed by atoms with Crippen molar-refractivity contribution in [2.75, 3.05) is 12.0 Å². The molecule has 0 aromatic heterocycles. The Balaban J connectivity index is 1.66. The number of Topliss-reactive ketones (excluding diaryl/α,β-unsaturated/α-hetero) is 3. The van der Waals surface area contributed by atoms with Crippen LogP contribution < -0.4 is 9.64 Å². The van der Waals surface area contributed by atoms with Crippen molar-refractivity contribution in [2.45, 2.75) is 24.9 Å². The zero-order chi connectivity index (χ0) is 24.5. The van der Waals surface area contributed by atoms with Crippen molar-refractivity contribution in [3.05, 3.63) is 100 Å². The Morgan fingerprint density at radius 3 is 2.23 bits per heavy atom. The number of fused-ring (bicyclic) bond motifs is 5. The van der Waals surface area contributed by atoms with E-state index in [1.807, 2.05) is 41.3 Å². The number of methoxy groups -OCH3 is 1. The van der Waals surface area contributed by atoms with Crippen molar-refractivity contribution >= 4 is 40.7 Å². The maximum absolute atomic E-state index is 14.3. The molecule has 3 aromatic rings. The zero-order valence-corrected chi connectivity index (χ0v) is 20.0. The molecule has 3 aromatic carbocycles. The monoisotopic (exact) mass is 483 g/mol. The van der Waals surface area contributed by atoms with Crippen LogP contribution in [-0.4, -0.2) is 36.5 Å². The van der Waals surface area contributed by atoms with E-state index in [4.69, 9.17) is 16.3 Å². The highest BCUT2D eigenvalue weighted by atomic mass is 35.5. The van der Waals surface area contributed by atoms with Crippen molar-refractivity contribution in [3.63, 3.8) is 0 Å². The molecule has 2 heterocycles. The van der Waals surface area contributed by atoms with Gasteiger partial charge in [0.2, 0.25) is 0 Å². The van der Waals surface area contributed by atoms with Crippen LogP contribution in [0.2, 0.25) is 5.02 Å². The molecular weight excluding hydrogens is 462 g/mol. The van der Waals surface area contributed by atoms with Crippen molar-refractivity contribution in [1.29, 1.82) is 0 Å². The molecule has 6 heteroatoms. The summed E-state index contributed by atoms with van der Waals surface area (Å²) in [6.07, 6.45) is 3.79. The van der Waals surface area contributed by atoms with Crippen molar-refractivity contribution < 1.29 is 19.1 Å². The van der Waals surface area contributed by atoms with Crippen molar-refractivity contribution in [2.24, 2.45) is 5.41 Å². The molecule has 0 saturated carbocycles. The van der Waals surface area contributed by atoms with Crippen molar-refractivity contribution in [3.8, 4) is 5.75 Å². The fourth-order valence-electron chi connectivity index (χ4n) is 6.29. The van der Waals surface area contributed by atoms with Crippen LogP contribution in [0.4, 0.5) is 5.69 Å². The summed E-state index contributed by atoms with van der Waals surface area (Å²) in [6.45, 7) is 1.53. The summed E-state index contributed by atoms with van der Waals surface area (Å²) in [7, 11) is 1.58. The second kappa shape index (κ2) is 7.65. The lowest BCUT2D eigenvalue weighted by Gasteiger charge is -2.37. The van der Waals surface area contributed by atoms with Gasteiger partial charge in [0.25, 0.3) is 0 Å². The molecule has 0 amide bonds. The molecule has 1 aliphatic carbocycles. The predicted molar refractivity (Wildman–Crippen MR) is 134 cm³/mol. The van der Waals surface area contributed by atoms with Crippen LogP contribution in [0.25, 0.3) is 6.08 Å². The Bertz CT molecular complexity index is 1410. The molecule has 0 bridgehead atoms. The van der Waals surface area contributed by atoms with E-state index in [2.05, 4.69) is 0 Å². The maximum atomic E-state index is 14.3. The number of carbonyl (C=O) groups is 3. The fraction of sp³-hybridized carbons (Fsp3) is 0.207. The summed E-state index contributed by atoms with van der Waals surface area (Å²) in [4.78, 5) is 43.9. The Kier molecular flexibility index (Phi) is 4.77. The van der Waals surface area contributed by atoms with E-state index in [0.29, 0.717) is 21.9 Å². The fourth-order valence-corrected chi connectivity index (χ4v) is 6.47. The van der Waals surface area contributed by atoms with Gasteiger partial charge in [0.1, 0.15) is 11.2 Å². The van der Waals surface area contributed by atoms with Crippen LogP contribution in [-0.2, 0) is 4.79 Å². The first-order chi connectivity index (χ1) is 16.9. The van der Waals surface area contributed by atoms with Crippen LogP contribution in [0, 0.1) is 5.41 Å². The summed E-state index contributed by atoms with van der Waals surface area (Å²) < 4.78 is 5.33. The second-order valence-corrected chi connectivity index (χ2v) is 9.73. The number of rotatable bonds is 3. The van der Waals surface area contributed by atoms with E-state index in [0.717, 1.165) is 16.8 Å². The van der Waals surface area contributed by atoms with Crippen LogP contribution in [0.1, 0.15) is 44.7 Å². The van der Waals surface area contributed by atoms with E-state index < -0.39 is 23.4 Å². The molecule has 1 spiro atoms. The largest absolute Gasteiger partial charge is 0.497 e. The van der Waals surface area contributed by atoms with Gasteiger partial charge in [0.05, 0.1) is 19.2 Å². The lowest BCUT2D eigenvalue weighted by atomic mass is 9.64. The van der Waals surface area contributed by atoms with Gasteiger partial charge in [-0.3, -0.25) is 14.4 Å². The Labute approximate surface area is 208 Å². The van der Waals surface area contributed by atoms with Gasteiger partial charge in [0.15, 0.2) is 17.3 Å². The molecule has 3 aliphatic rings. The lowest BCUT2D eigenvalue weighted by molar-refractivity contribution is -0.118. The predicted octanol–water partition coefficient (Wildman–Crippen LogP) is 5.37. The molecule has 174 valence electrons. The average molecular weight is 484 g/mol. The second-order valence-electron chi connectivity index (χ2n) is 9.29. The topological polar surface area (TPSA) is 63.7 Å². The summed E-state index contributed by atoms with van der Waals surface area (Å²) in [5, 5.41) is 0.576. The number of nitrogens with zero attached hydrogens (tertiary/aromatic N) is 1. The average Bonchev–Trinajstić information content (AvgIpc) is 3.30. The zero-order valence-electron chi connectivity index (χ0n) is 19.2. The standard InChI is InChI=1S/C29H22ClNO4/c1-16(32)26-25(17-7-11-20(35-2)12-8-17)29(27(33)21-5-3-4-6-22(21)28(29)34)24-14-9-18-15-19(30)10-13-23(18)31(24)26/h3-15,24-26H,1-2H3/t24-,25-,26-/m0/s1. The molecule has 3 atom stereocenters. The number of benzene rings is 3. The highest BCUT2D eigenvalue weighted by Gasteiger charge is 2.71. The Morgan fingerprint density at radius 1 is 0.971 bits per heavy atom. The first-order valence-corrected chi connectivity index (χ1v) is 11.9. The van der Waals surface area contributed by atoms with Gasteiger partial charge in [0, 0.05) is 27.8 Å². The number of ketones is 3. The first kappa shape index (κ1) is 21.8. The third kappa shape index (κ3) is 2.79. The smallest absolute Gasteiger partial charge is 0.180 e. The number of hydrogen-bond acceptors (Lipinski definition) is 5. The number of carbonyl (C=O) groups excluding carboxylic acids is 3. The van der Waals surface area contributed by atoms with Crippen LogP contribution >= 0.6 is 11.6 Å². The third-order valence-corrected chi connectivity index (χ3v) is 7.89. The summed E-state index contributed by atoms with van der Waals surface area (Å²) >= 11 is 6.26. The van der Waals surface area contributed by atoms with Crippen LogP contribution in [0.3, 0.4) is 0 Å². The van der Waals surface area contributed by atoms with E-state index in [9.17, 15) is 14.4 Å². The highest BCUT2D eigenvalue weighted by molar-refractivity contribution is 6.32. The minimum atomic E-state index is -1.47. The molecule has 6 rings (SSSR count). The minimum absolute atomic E-state index is 0.111. The van der Waals surface area contributed by atoms with E-state index in [1.54, 1.807) is 49.6 Å². The van der Waals surface area contributed by atoms with E-state index >= 15 is 0 Å². The summed E-state index contributed by atoms with van der Waals surface area (Å²) in [5.41, 5.74) is 1.74. The van der Waals surface area contributed by atoms with Gasteiger partial charge < -0.3 is 9.64 Å². The Morgan fingerprint density at radius 2 is 1.63 bits per heavy atom. The maximum Gasteiger partial charge on any atom is 0.180 e. The van der Waals surface area contributed by atoms with Gasteiger partial charge in [-0.25, -0.2) is 0 Å². The molecule has 1 saturated heterocycles.